The number of para-hydroxylation sites is 1. The summed E-state index contributed by atoms with van der Waals surface area (Å²) < 4.78 is 1.71. The summed E-state index contributed by atoms with van der Waals surface area (Å²) in [5, 5.41) is 3.65. The van der Waals surface area contributed by atoms with Crippen molar-refractivity contribution in [1.82, 2.24) is 19.8 Å². The molecule has 132 valence electrons. The average molecular weight is 360 g/mol. The summed E-state index contributed by atoms with van der Waals surface area (Å²) in [7, 11) is 3.11. The first kappa shape index (κ1) is 17.5. The third kappa shape index (κ3) is 3.84. The zero-order valence-corrected chi connectivity index (χ0v) is 15.0. The maximum atomic E-state index is 12.8. The minimum absolute atomic E-state index is 0.0104. The molecule has 1 aliphatic rings. The van der Waals surface area contributed by atoms with Gasteiger partial charge >= 0.3 is 0 Å². The van der Waals surface area contributed by atoms with E-state index in [0.717, 1.165) is 12.8 Å². The minimum Gasteiger partial charge on any atom is -0.358 e. The molecule has 3 rings (SSSR count). The third-order valence-electron chi connectivity index (χ3n) is 4.10. The number of carbonyl (C=O) groups is 2. The van der Waals surface area contributed by atoms with Crippen LogP contribution < -0.4 is 10.9 Å². The first-order chi connectivity index (χ1) is 12.0. The van der Waals surface area contributed by atoms with Crippen molar-refractivity contribution in [2.75, 3.05) is 26.4 Å². The number of fused-ring (bicyclic) bond motifs is 1. The summed E-state index contributed by atoms with van der Waals surface area (Å²) in [6, 6.07) is 7.42. The zero-order chi connectivity index (χ0) is 18.0. The topological polar surface area (TPSA) is 84.3 Å². The van der Waals surface area contributed by atoms with Crippen molar-refractivity contribution >= 4 is 34.5 Å². The second kappa shape index (κ2) is 7.26. The summed E-state index contributed by atoms with van der Waals surface area (Å²) in [5.41, 5.74) is 0.583. The van der Waals surface area contributed by atoms with E-state index in [4.69, 9.17) is 0 Å². The van der Waals surface area contributed by atoms with Crippen molar-refractivity contribution in [2.45, 2.75) is 24.0 Å². The smallest absolute Gasteiger partial charge is 0.262 e. The molecule has 1 heterocycles. The van der Waals surface area contributed by atoms with Crippen LogP contribution >= 0.6 is 11.8 Å². The number of rotatable bonds is 6. The first-order valence-corrected chi connectivity index (χ1v) is 9.08. The van der Waals surface area contributed by atoms with E-state index >= 15 is 0 Å². The van der Waals surface area contributed by atoms with E-state index < -0.39 is 0 Å². The highest BCUT2D eigenvalue weighted by Gasteiger charge is 2.29. The molecule has 1 fully saturated rings. The Morgan fingerprint density at radius 3 is 2.76 bits per heavy atom. The quantitative estimate of drug-likeness (QED) is 0.614. The molecule has 25 heavy (non-hydrogen) atoms. The fourth-order valence-corrected chi connectivity index (χ4v) is 3.51. The Morgan fingerprint density at radius 2 is 2.08 bits per heavy atom. The number of thioether (sulfide) groups is 1. The molecule has 8 heteroatoms. The minimum atomic E-state index is -0.223. The molecule has 0 spiro atoms. The van der Waals surface area contributed by atoms with Gasteiger partial charge in [-0.3, -0.25) is 19.0 Å². The van der Waals surface area contributed by atoms with Crippen LogP contribution in [0.15, 0.2) is 34.2 Å². The van der Waals surface area contributed by atoms with Crippen LogP contribution in [0.3, 0.4) is 0 Å². The van der Waals surface area contributed by atoms with Crippen LogP contribution in [-0.2, 0) is 9.59 Å². The van der Waals surface area contributed by atoms with E-state index in [9.17, 15) is 14.4 Å². The monoisotopic (exact) mass is 360 g/mol. The molecule has 1 N–H and O–H groups in total. The molecule has 1 aliphatic carbocycles. The lowest BCUT2D eigenvalue weighted by atomic mass is 10.2. The second-order valence-corrected chi connectivity index (χ2v) is 6.97. The van der Waals surface area contributed by atoms with E-state index in [-0.39, 0.29) is 35.7 Å². The van der Waals surface area contributed by atoms with Gasteiger partial charge in [-0.2, -0.15) is 0 Å². The van der Waals surface area contributed by atoms with Gasteiger partial charge in [0.2, 0.25) is 11.8 Å². The van der Waals surface area contributed by atoms with Crippen molar-refractivity contribution in [3.63, 3.8) is 0 Å². The molecule has 2 aromatic rings. The van der Waals surface area contributed by atoms with Gasteiger partial charge in [0.25, 0.3) is 5.56 Å². The lowest BCUT2D eigenvalue weighted by molar-refractivity contribution is -0.132. The zero-order valence-electron chi connectivity index (χ0n) is 14.2. The number of hydrogen-bond acceptors (Lipinski definition) is 5. The van der Waals surface area contributed by atoms with Crippen LogP contribution in [-0.4, -0.2) is 52.7 Å². The molecule has 0 aliphatic heterocycles. The van der Waals surface area contributed by atoms with Gasteiger partial charge in [0.05, 0.1) is 23.2 Å². The van der Waals surface area contributed by atoms with E-state index in [1.165, 1.54) is 23.7 Å². The molecule has 1 aromatic heterocycles. The molecule has 0 saturated heterocycles. The molecule has 7 nitrogen and oxygen atoms in total. The molecular weight excluding hydrogens is 340 g/mol. The molecule has 0 radical (unpaired) electrons. The summed E-state index contributed by atoms with van der Waals surface area (Å²) in [6.07, 6.45) is 1.91. The van der Waals surface area contributed by atoms with Gasteiger partial charge in [0, 0.05) is 20.1 Å². The van der Waals surface area contributed by atoms with E-state index in [2.05, 4.69) is 10.3 Å². The van der Waals surface area contributed by atoms with Crippen molar-refractivity contribution in [3.8, 4) is 0 Å². The number of aromatic nitrogens is 2. The maximum Gasteiger partial charge on any atom is 0.262 e. The Hall–Kier alpha value is -2.35. The van der Waals surface area contributed by atoms with Crippen LogP contribution in [0, 0.1) is 0 Å². The van der Waals surface area contributed by atoms with E-state index in [0.29, 0.717) is 16.1 Å². The van der Waals surface area contributed by atoms with Gasteiger partial charge in [-0.1, -0.05) is 23.9 Å². The van der Waals surface area contributed by atoms with Gasteiger partial charge in [0.1, 0.15) is 0 Å². The van der Waals surface area contributed by atoms with Gasteiger partial charge < -0.3 is 10.2 Å². The van der Waals surface area contributed by atoms with Crippen LogP contribution in [0.4, 0.5) is 0 Å². The molecule has 1 saturated carbocycles. The Labute approximate surface area is 149 Å². The van der Waals surface area contributed by atoms with Gasteiger partial charge in [-0.25, -0.2) is 4.98 Å². The van der Waals surface area contributed by atoms with E-state index in [1.54, 1.807) is 23.7 Å². The summed E-state index contributed by atoms with van der Waals surface area (Å²) in [6.45, 7) is 0.0104. The van der Waals surface area contributed by atoms with Gasteiger partial charge in [-0.05, 0) is 25.0 Å². The van der Waals surface area contributed by atoms with Gasteiger partial charge in [0.15, 0.2) is 5.16 Å². The van der Waals surface area contributed by atoms with E-state index in [1.807, 2.05) is 12.1 Å². The number of carbonyl (C=O) groups excluding carboxylic acids is 2. The Kier molecular flexibility index (Phi) is 5.08. The Bertz CT molecular complexity index is 876. The van der Waals surface area contributed by atoms with Gasteiger partial charge in [-0.15, -0.1) is 0 Å². The molecule has 0 atom stereocenters. The predicted molar refractivity (Wildman–Crippen MR) is 96.7 cm³/mol. The normalized spacial score (nSPS) is 13.7. The van der Waals surface area contributed by atoms with Crippen molar-refractivity contribution < 1.29 is 9.59 Å². The van der Waals surface area contributed by atoms with Crippen LogP contribution in [0.2, 0.25) is 0 Å². The Balaban J connectivity index is 1.81. The number of amides is 2. The molecule has 0 unspecified atom stereocenters. The number of nitrogens with one attached hydrogen (secondary N) is 1. The van der Waals surface area contributed by atoms with Crippen LogP contribution in [0.5, 0.6) is 0 Å². The van der Waals surface area contributed by atoms with Crippen LogP contribution in [0.1, 0.15) is 18.9 Å². The fraction of sp³-hybridized carbons (Fsp3) is 0.412. The average Bonchev–Trinajstić information content (AvgIpc) is 3.44. The van der Waals surface area contributed by atoms with Crippen LogP contribution in [0.25, 0.3) is 10.9 Å². The largest absolute Gasteiger partial charge is 0.358 e. The number of hydrogen-bond donors (Lipinski definition) is 1. The van der Waals surface area contributed by atoms with Crippen molar-refractivity contribution in [2.24, 2.45) is 0 Å². The maximum absolute atomic E-state index is 12.8. The molecule has 1 aromatic carbocycles. The summed E-state index contributed by atoms with van der Waals surface area (Å²) in [4.78, 5) is 42.3. The molecule has 2 amide bonds. The standard InChI is InChI=1S/C17H20N4O3S/c1-18-14(22)9-20(2)15(23)10-25-17-19-13-6-4-3-5-12(13)16(24)21(17)11-7-8-11/h3-6,11H,7-10H2,1-2H3,(H,18,22). The Morgan fingerprint density at radius 1 is 1.36 bits per heavy atom. The van der Waals surface area contributed by atoms with Crippen molar-refractivity contribution in [3.05, 3.63) is 34.6 Å². The highest BCUT2D eigenvalue weighted by molar-refractivity contribution is 7.99. The number of benzene rings is 1. The summed E-state index contributed by atoms with van der Waals surface area (Å²) >= 11 is 1.24. The highest BCUT2D eigenvalue weighted by Crippen LogP contribution is 2.36. The lowest BCUT2D eigenvalue weighted by Gasteiger charge is -2.17. The highest BCUT2D eigenvalue weighted by atomic mass is 32.2. The predicted octanol–water partition coefficient (Wildman–Crippen LogP) is 1.03. The first-order valence-electron chi connectivity index (χ1n) is 8.10. The second-order valence-electron chi connectivity index (χ2n) is 6.03. The number of likely N-dealkylation sites (N-methyl/N-ethyl adjacent to an activating group) is 2. The molecule has 0 bridgehead atoms. The van der Waals surface area contributed by atoms with Crippen molar-refractivity contribution in [1.29, 1.82) is 0 Å². The summed E-state index contributed by atoms with van der Waals surface area (Å²) in [5.74, 6) is -0.275. The third-order valence-corrected chi connectivity index (χ3v) is 5.04. The fourth-order valence-electron chi connectivity index (χ4n) is 2.50. The lowest BCUT2D eigenvalue weighted by Crippen LogP contribution is -2.37. The number of nitrogens with zero attached hydrogens (tertiary/aromatic N) is 3. The SMILES string of the molecule is CNC(=O)CN(C)C(=O)CSc1nc2ccccc2c(=O)n1C1CC1. The molecular formula is C17H20N4O3S.